The van der Waals surface area contributed by atoms with Crippen LogP contribution in [0.1, 0.15) is 117 Å². The quantitative estimate of drug-likeness (QED) is 0.0817. The second-order valence-electron chi connectivity index (χ2n) is 31.9. The van der Waals surface area contributed by atoms with Crippen LogP contribution < -0.4 is 31.9 Å². The number of ketones is 3. The van der Waals surface area contributed by atoms with Crippen molar-refractivity contribution in [2.24, 2.45) is 0 Å². The van der Waals surface area contributed by atoms with Gasteiger partial charge in [-0.05, 0) is 122 Å². The van der Waals surface area contributed by atoms with Crippen LogP contribution in [-0.4, -0.2) is 153 Å². The molecule has 13 aromatic rings. The van der Waals surface area contributed by atoms with Crippen LogP contribution in [0.3, 0.4) is 0 Å². The van der Waals surface area contributed by atoms with Gasteiger partial charge in [0.2, 0.25) is 17.8 Å². The summed E-state index contributed by atoms with van der Waals surface area (Å²) in [6.07, 6.45) is 3.60. The second kappa shape index (κ2) is 33.4. The number of carbonyl (C=O) groups excluding carboxylic acids is 3. The van der Waals surface area contributed by atoms with Crippen molar-refractivity contribution in [1.82, 2.24) is 44.6 Å². The number of carbonyl (C=O) groups is 3. The summed E-state index contributed by atoms with van der Waals surface area (Å²) < 4.78 is 0. The van der Waals surface area contributed by atoms with E-state index < -0.39 is 0 Å². The summed E-state index contributed by atoms with van der Waals surface area (Å²) in [5.41, 5.74) is 45.4. The topological polar surface area (TPSA) is 226 Å². The monoisotopic (exact) mass is 1560 g/mol. The van der Waals surface area contributed by atoms with E-state index in [0.717, 1.165) is 169 Å². The molecule has 1 unspecified atom stereocenters. The Hall–Kier alpha value is -12.9. The maximum absolute atomic E-state index is 13.7. The van der Waals surface area contributed by atoms with Gasteiger partial charge in [0.05, 0.1) is 50.9 Å². The van der Waals surface area contributed by atoms with Crippen molar-refractivity contribution >= 4 is 52.3 Å². The van der Waals surface area contributed by atoms with E-state index in [9.17, 15) is 14.4 Å². The molecule has 1 atom stereocenters. The normalized spacial score (nSPS) is 15.2. The van der Waals surface area contributed by atoms with Gasteiger partial charge in [-0.1, -0.05) is 232 Å². The summed E-state index contributed by atoms with van der Waals surface area (Å²) in [4.78, 5) is 83.5. The molecule has 3 aliphatic carbocycles. The minimum absolute atomic E-state index is 0.0515. The number of hydrogen-bond acceptors (Lipinski definition) is 18. The smallest absolute Gasteiger partial charge is 0.221 e. The number of anilines is 6. The maximum atomic E-state index is 13.7. The van der Waals surface area contributed by atoms with Crippen LogP contribution in [0, 0.1) is 20.8 Å². The molecule has 0 radical (unpaired) electrons. The Balaban J connectivity index is 0.000000127. The zero-order valence-corrected chi connectivity index (χ0v) is 68.2. The number of aromatic nitrogens is 6. The standard InChI is InChI=1S/C35H31N5O.C33H35N5O.C32H33N5O/c1-23-10-12-26(13-11-23)32-31-33(38-35(36)37-32)30-28(8-5-9-29(30)34(31)41)25-14-16-27(17-15-25)40-20-18-39(19-21-40)22-24-6-3-2-4-7-24;1-4-24(5-2)37-17-19-38(20-18-37)25-15-13-22(14-16-25)26-7-6-8-27-28(26)31-29(32(27)39)30(35-33(34)36-31)23-11-9-21(3)10-12-23;1-4-21(3)36-16-18-37(19-17-36)24-14-12-22(13-15-24)25-6-5-7-26-27(25)30-28(31(26)38)29(34-32(33)35-30)23-10-8-20(2)9-11-23/h2-17H,18-22H2,1H3,(H2,36,37,38);6-16,24H,4-5,17-20H2,1-3H3,(H2,34,35,36);5-15,21H,4,16-19H2,1-3H3,(H2,33,34,35). The number of aryl methyl sites for hydroxylation is 3. The van der Waals surface area contributed by atoms with E-state index in [1.807, 2.05) is 130 Å². The Bertz CT molecular complexity index is 5910. The fraction of sp³-hybridized carbons (Fsp3) is 0.250. The minimum atomic E-state index is -0.0579. The Morgan fingerprint density at radius 2 is 0.585 bits per heavy atom. The van der Waals surface area contributed by atoms with E-state index in [2.05, 4.69) is 208 Å². The number of nitrogens with two attached hydrogens (primary N) is 3. The molecule has 3 aromatic heterocycles. The van der Waals surface area contributed by atoms with Gasteiger partial charge in [-0.15, -0.1) is 0 Å². The summed E-state index contributed by atoms with van der Waals surface area (Å²) in [5.74, 6) is 0.339. The molecular weight excluding hydrogens is 1460 g/mol. The highest BCUT2D eigenvalue weighted by molar-refractivity contribution is 6.27. The van der Waals surface area contributed by atoms with E-state index in [0.29, 0.717) is 79.6 Å². The van der Waals surface area contributed by atoms with E-state index in [1.165, 1.54) is 41.9 Å². The highest BCUT2D eigenvalue weighted by Crippen LogP contribution is 2.49. The van der Waals surface area contributed by atoms with Gasteiger partial charge in [-0.25, -0.2) is 29.9 Å². The van der Waals surface area contributed by atoms with Crippen molar-refractivity contribution in [1.29, 1.82) is 0 Å². The molecule has 0 spiro atoms. The average Bonchev–Trinajstić information content (AvgIpc) is 1.59. The van der Waals surface area contributed by atoms with Gasteiger partial charge in [-0.2, -0.15) is 0 Å². The lowest BCUT2D eigenvalue weighted by molar-refractivity contribution is 0.103. The number of rotatable bonds is 16. The average molecular weight is 1560 g/mol. The highest BCUT2D eigenvalue weighted by atomic mass is 16.1. The summed E-state index contributed by atoms with van der Waals surface area (Å²) in [6.45, 7) is 28.8. The van der Waals surface area contributed by atoms with Crippen LogP contribution in [0.15, 0.2) is 231 Å². The van der Waals surface area contributed by atoms with E-state index in [-0.39, 0.29) is 35.2 Å². The lowest BCUT2D eigenvalue weighted by atomic mass is 9.96. The molecule has 0 saturated carbocycles. The van der Waals surface area contributed by atoms with Crippen molar-refractivity contribution in [2.45, 2.75) is 86.4 Å². The Kier molecular flexibility index (Phi) is 22.0. The molecule has 0 bridgehead atoms. The molecule has 18 heteroatoms. The molecule has 592 valence electrons. The molecule has 19 rings (SSSR count). The lowest BCUT2D eigenvalue weighted by Gasteiger charge is -2.40. The predicted octanol–water partition coefficient (Wildman–Crippen LogP) is 18.3. The number of piperazine rings is 3. The molecule has 6 heterocycles. The van der Waals surface area contributed by atoms with Crippen LogP contribution in [0.25, 0.3) is 101 Å². The fourth-order valence-electron chi connectivity index (χ4n) is 17.9. The van der Waals surface area contributed by atoms with Crippen molar-refractivity contribution < 1.29 is 14.4 Å². The van der Waals surface area contributed by atoms with E-state index in [4.69, 9.17) is 17.2 Å². The van der Waals surface area contributed by atoms with Crippen LogP contribution in [0.4, 0.5) is 34.9 Å². The summed E-state index contributed by atoms with van der Waals surface area (Å²) in [7, 11) is 0. The molecule has 6 aliphatic rings. The first-order valence-electron chi connectivity index (χ1n) is 41.6. The first-order chi connectivity index (χ1) is 57.5. The molecule has 0 amide bonds. The van der Waals surface area contributed by atoms with Crippen LogP contribution >= 0.6 is 0 Å². The van der Waals surface area contributed by atoms with Crippen LogP contribution in [0.2, 0.25) is 0 Å². The SMILES string of the molecule is CCC(C)N1CCN(c2ccc(-c3cccc4c3-c3nc(N)nc(-c5ccc(C)cc5)c3C4=O)cc2)CC1.CCC(CC)N1CCN(c2ccc(-c3cccc4c3-c3nc(N)nc(-c5ccc(C)cc5)c3C4=O)cc2)CC1.Cc1ccc(-c2nc(N)nc3c2C(=O)c2cccc(-c4ccc(N5CCN(Cc6ccccc6)CC5)cc4)c2-3)cc1. The van der Waals surface area contributed by atoms with Gasteiger partial charge in [-0.3, -0.25) is 29.1 Å². The zero-order chi connectivity index (χ0) is 81.4. The molecule has 6 N–H and O–H groups in total. The summed E-state index contributed by atoms with van der Waals surface area (Å²) >= 11 is 0. The first kappa shape index (κ1) is 77.7. The highest BCUT2D eigenvalue weighted by Gasteiger charge is 2.39. The molecule has 10 aromatic carbocycles. The third-order valence-corrected chi connectivity index (χ3v) is 24.6. The van der Waals surface area contributed by atoms with Gasteiger partial charge in [0.1, 0.15) is 0 Å². The minimum Gasteiger partial charge on any atom is -0.369 e. The largest absolute Gasteiger partial charge is 0.369 e. The van der Waals surface area contributed by atoms with Gasteiger partial charge in [0, 0.05) is 164 Å². The molecule has 3 saturated heterocycles. The van der Waals surface area contributed by atoms with E-state index >= 15 is 0 Å². The van der Waals surface area contributed by atoms with Gasteiger partial charge in [0.15, 0.2) is 17.3 Å². The van der Waals surface area contributed by atoms with E-state index in [1.54, 1.807) is 0 Å². The number of hydrogen-bond donors (Lipinski definition) is 3. The molecule has 3 aliphatic heterocycles. The van der Waals surface area contributed by atoms with Gasteiger partial charge >= 0.3 is 0 Å². The predicted molar refractivity (Wildman–Crippen MR) is 478 cm³/mol. The second-order valence-corrected chi connectivity index (χ2v) is 31.9. The Morgan fingerprint density at radius 1 is 0.297 bits per heavy atom. The molecular formula is C100H99N15O3. The van der Waals surface area contributed by atoms with Gasteiger partial charge < -0.3 is 31.9 Å². The maximum Gasteiger partial charge on any atom is 0.221 e. The van der Waals surface area contributed by atoms with Crippen molar-refractivity contribution in [3.8, 4) is 101 Å². The number of benzene rings is 10. The molecule has 118 heavy (non-hydrogen) atoms. The molecule has 3 fully saturated rings. The number of fused-ring (bicyclic) bond motifs is 9. The van der Waals surface area contributed by atoms with Crippen molar-refractivity contribution in [3.05, 3.63) is 286 Å². The van der Waals surface area contributed by atoms with Crippen molar-refractivity contribution in [2.75, 3.05) is 110 Å². The zero-order valence-electron chi connectivity index (χ0n) is 68.2. The molecule has 18 nitrogen and oxygen atoms in total. The Labute approximate surface area is 691 Å². The third kappa shape index (κ3) is 15.3. The van der Waals surface area contributed by atoms with Gasteiger partial charge in [0.25, 0.3) is 0 Å². The Morgan fingerprint density at radius 3 is 0.898 bits per heavy atom. The number of nitrogens with zero attached hydrogens (tertiary/aromatic N) is 12. The van der Waals surface area contributed by atoms with Crippen LogP contribution in [-0.2, 0) is 6.54 Å². The van der Waals surface area contributed by atoms with Crippen molar-refractivity contribution in [3.63, 3.8) is 0 Å². The summed E-state index contributed by atoms with van der Waals surface area (Å²) in [6, 6.07) is 79.7. The fourth-order valence-corrected chi connectivity index (χ4v) is 17.9. The number of nitrogen functional groups attached to an aromatic ring is 3. The first-order valence-corrected chi connectivity index (χ1v) is 41.6. The summed E-state index contributed by atoms with van der Waals surface area (Å²) in [5, 5.41) is 0. The third-order valence-electron chi connectivity index (χ3n) is 24.6. The lowest BCUT2D eigenvalue weighted by Crippen LogP contribution is -2.50. The van der Waals surface area contributed by atoms with Crippen LogP contribution in [0.5, 0.6) is 0 Å².